The predicted molar refractivity (Wildman–Crippen MR) is 101 cm³/mol. The Morgan fingerprint density at radius 2 is 1.71 bits per heavy atom. The highest BCUT2D eigenvalue weighted by atomic mass is 16.5. The molecule has 2 aromatic carbocycles. The van der Waals surface area contributed by atoms with Crippen LogP contribution in [0.5, 0.6) is 5.75 Å². The van der Waals surface area contributed by atoms with Crippen LogP contribution in [0, 0.1) is 5.92 Å². The molecule has 1 heterocycles. The van der Waals surface area contributed by atoms with Crippen molar-refractivity contribution in [3.8, 4) is 5.75 Å². The fraction of sp³-hybridized carbons (Fsp3) is 0.545. The molecule has 4 rings (SSSR count). The largest absolute Gasteiger partial charge is 0.490 e. The maximum atomic E-state index is 6.27. The average Bonchev–Trinajstić information content (AvgIpc) is 2.59. The van der Waals surface area contributed by atoms with Crippen LogP contribution in [-0.4, -0.2) is 24.1 Å². The van der Waals surface area contributed by atoms with Crippen LogP contribution < -0.4 is 4.74 Å². The van der Waals surface area contributed by atoms with E-state index in [4.69, 9.17) is 4.74 Å². The molecule has 2 aliphatic rings. The third kappa shape index (κ3) is 3.59. The zero-order valence-electron chi connectivity index (χ0n) is 14.8. The van der Waals surface area contributed by atoms with Gasteiger partial charge in [0.2, 0.25) is 0 Å². The minimum absolute atomic E-state index is 0.413. The predicted octanol–water partition coefficient (Wildman–Crippen LogP) is 5.39. The lowest BCUT2D eigenvalue weighted by atomic mass is 9.86. The maximum absolute atomic E-state index is 6.27. The summed E-state index contributed by atoms with van der Waals surface area (Å²) in [4.78, 5) is 2.51. The Balaban J connectivity index is 1.42. The summed E-state index contributed by atoms with van der Waals surface area (Å²) < 4.78 is 6.27. The summed E-state index contributed by atoms with van der Waals surface area (Å²) in [5.41, 5.74) is 1.42. The number of ether oxygens (including phenoxy) is 1. The Morgan fingerprint density at radius 1 is 0.958 bits per heavy atom. The summed E-state index contributed by atoms with van der Waals surface area (Å²) in [5, 5.41) is 2.62. The van der Waals surface area contributed by atoms with Crippen LogP contribution in [-0.2, 0) is 6.54 Å². The SMILES string of the molecule is CCC1CCC(Oc2ccc3cc(CN4CCC4)ccc3c2)CC1. The van der Waals surface area contributed by atoms with E-state index in [9.17, 15) is 0 Å². The molecule has 0 bridgehead atoms. The van der Waals surface area contributed by atoms with Gasteiger partial charge in [-0.15, -0.1) is 0 Å². The van der Waals surface area contributed by atoms with Crippen molar-refractivity contribution in [2.45, 2.75) is 58.1 Å². The van der Waals surface area contributed by atoms with E-state index < -0.39 is 0 Å². The quantitative estimate of drug-likeness (QED) is 0.731. The van der Waals surface area contributed by atoms with Crippen molar-refractivity contribution in [2.24, 2.45) is 5.92 Å². The Labute approximate surface area is 145 Å². The average molecular weight is 323 g/mol. The minimum atomic E-state index is 0.413. The highest BCUT2D eigenvalue weighted by molar-refractivity contribution is 5.84. The number of benzene rings is 2. The Kier molecular flexibility index (Phi) is 4.75. The normalized spacial score (nSPS) is 24.7. The van der Waals surface area contributed by atoms with Crippen molar-refractivity contribution in [1.82, 2.24) is 4.90 Å². The molecule has 0 atom stereocenters. The molecule has 1 aliphatic carbocycles. The lowest BCUT2D eigenvalue weighted by molar-refractivity contribution is 0.130. The highest BCUT2D eigenvalue weighted by Gasteiger charge is 2.21. The molecule has 2 aromatic rings. The summed E-state index contributed by atoms with van der Waals surface area (Å²) in [6.45, 7) is 5.91. The zero-order valence-corrected chi connectivity index (χ0v) is 14.8. The van der Waals surface area contributed by atoms with E-state index in [0.29, 0.717) is 6.10 Å². The standard InChI is InChI=1S/C22H29NO/c1-2-17-5-9-21(10-6-17)24-22-11-8-19-14-18(4-7-20(19)15-22)16-23-12-3-13-23/h4,7-8,11,14-15,17,21H,2-3,5-6,9-10,12-13,16H2,1H3. The third-order valence-corrected chi connectivity index (χ3v) is 5.90. The van der Waals surface area contributed by atoms with Crippen LogP contribution in [0.15, 0.2) is 36.4 Å². The summed E-state index contributed by atoms with van der Waals surface area (Å²) in [6.07, 6.45) is 8.17. The molecule has 0 amide bonds. The monoisotopic (exact) mass is 323 g/mol. The first-order valence-electron chi connectivity index (χ1n) is 9.72. The van der Waals surface area contributed by atoms with Crippen LogP contribution >= 0.6 is 0 Å². The fourth-order valence-corrected chi connectivity index (χ4v) is 4.09. The van der Waals surface area contributed by atoms with E-state index in [2.05, 4.69) is 48.2 Å². The van der Waals surface area contributed by atoms with Crippen LogP contribution in [0.2, 0.25) is 0 Å². The fourth-order valence-electron chi connectivity index (χ4n) is 4.09. The molecule has 24 heavy (non-hydrogen) atoms. The second-order valence-electron chi connectivity index (χ2n) is 7.64. The Morgan fingerprint density at radius 3 is 2.42 bits per heavy atom. The highest BCUT2D eigenvalue weighted by Crippen LogP contribution is 2.30. The van der Waals surface area contributed by atoms with Gasteiger partial charge in [0.05, 0.1) is 6.10 Å². The second kappa shape index (κ2) is 7.14. The molecule has 128 valence electrons. The molecule has 0 spiro atoms. The van der Waals surface area contributed by atoms with E-state index >= 15 is 0 Å². The molecule has 2 nitrogen and oxygen atoms in total. The second-order valence-corrected chi connectivity index (χ2v) is 7.64. The van der Waals surface area contributed by atoms with E-state index in [1.165, 1.54) is 68.0 Å². The van der Waals surface area contributed by atoms with Crippen molar-refractivity contribution < 1.29 is 4.74 Å². The van der Waals surface area contributed by atoms with Gasteiger partial charge in [-0.25, -0.2) is 0 Å². The molecular formula is C22H29NO. The number of hydrogen-bond donors (Lipinski definition) is 0. The smallest absolute Gasteiger partial charge is 0.120 e. The van der Waals surface area contributed by atoms with Crippen molar-refractivity contribution in [3.63, 3.8) is 0 Å². The first-order valence-corrected chi connectivity index (χ1v) is 9.72. The van der Waals surface area contributed by atoms with Crippen molar-refractivity contribution >= 4 is 10.8 Å². The van der Waals surface area contributed by atoms with Gasteiger partial charge in [-0.05, 0) is 85.6 Å². The van der Waals surface area contributed by atoms with Gasteiger partial charge in [0, 0.05) is 6.54 Å². The number of nitrogens with zero attached hydrogens (tertiary/aromatic N) is 1. The molecule has 0 radical (unpaired) electrons. The Bertz CT molecular complexity index is 683. The van der Waals surface area contributed by atoms with Crippen molar-refractivity contribution in [2.75, 3.05) is 13.1 Å². The first-order chi connectivity index (χ1) is 11.8. The molecule has 1 saturated heterocycles. The summed E-state index contributed by atoms with van der Waals surface area (Å²) >= 11 is 0. The van der Waals surface area contributed by atoms with Crippen molar-refractivity contribution in [1.29, 1.82) is 0 Å². The van der Waals surface area contributed by atoms with Gasteiger partial charge in [0.15, 0.2) is 0 Å². The Hall–Kier alpha value is -1.54. The summed E-state index contributed by atoms with van der Waals surface area (Å²) in [5.74, 6) is 1.96. The number of hydrogen-bond acceptors (Lipinski definition) is 2. The van der Waals surface area contributed by atoms with Gasteiger partial charge < -0.3 is 4.74 Å². The molecule has 0 N–H and O–H groups in total. The topological polar surface area (TPSA) is 12.5 Å². The van der Waals surface area contributed by atoms with E-state index in [1.54, 1.807) is 0 Å². The zero-order chi connectivity index (χ0) is 16.4. The van der Waals surface area contributed by atoms with Gasteiger partial charge >= 0.3 is 0 Å². The van der Waals surface area contributed by atoms with Crippen molar-refractivity contribution in [3.05, 3.63) is 42.0 Å². The lowest BCUT2D eigenvalue weighted by Gasteiger charge is -2.30. The van der Waals surface area contributed by atoms with Gasteiger partial charge in [0.1, 0.15) is 5.75 Å². The molecular weight excluding hydrogens is 294 g/mol. The van der Waals surface area contributed by atoms with Gasteiger partial charge in [-0.1, -0.05) is 31.5 Å². The van der Waals surface area contributed by atoms with Crippen LogP contribution in [0.3, 0.4) is 0 Å². The van der Waals surface area contributed by atoms with E-state index in [1.807, 2.05) is 0 Å². The van der Waals surface area contributed by atoms with Gasteiger partial charge in [0.25, 0.3) is 0 Å². The molecule has 1 saturated carbocycles. The summed E-state index contributed by atoms with van der Waals surface area (Å²) in [6, 6.07) is 13.5. The van der Waals surface area contributed by atoms with Crippen LogP contribution in [0.1, 0.15) is 51.0 Å². The van der Waals surface area contributed by atoms with E-state index in [0.717, 1.165) is 18.2 Å². The molecule has 2 heteroatoms. The van der Waals surface area contributed by atoms with Gasteiger partial charge in [-0.2, -0.15) is 0 Å². The molecule has 2 fully saturated rings. The maximum Gasteiger partial charge on any atom is 0.120 e. The van der Waals surface area contributed by atoms with Gasteiger partial charge in [-0.3, -0.25) is 4.90 Å². The third-order valence-electron chi connectivity index (χ3n) is 5.90. The van der Waals surface area contributed by atoms with Crippen LogP contribution in [0.25, 0.3) is 10.8 Å². The minimum Gasteiger partial charge on any atom is -0.490 e. The molecule has 1 aliphatic heterocycles. The summed E-state index contributed by atoms with van der Waals surface area (Å²) in [7, 11) is 0. The number of rotatable bonds is 5. The molecule has 0 unspecified atom stereocenters. The molecule has 0 aromatic heterocycles. The first kappa shape index (κ1) is 16.0. The van der Waals surface area contributed by atoms with E-state index in [-0.39, 0.29) is 0 Å². The number of fused-ring (bicyclic) bond motifs is 1. The lowest BCUT2D eigenvalue weighted by Crippen LogP contribution is -2.36. The number of likely N-dealkylation sites (tertiary alicyclic amines) is 1. The van der Waals surface area contributed by atoms with Crippen LogP contribution in [0.4, 0.5) is 0 Å².